The molecule has 1 saturated heterocycles. The van der Waals surface area contributed by atoms with Gasteiger partial charge in [0, 0.05) is 24.4 Å². The van der Waals surface area contributed by atoms with Gasteiger partial charge in [-0.15, -0.1) is 0 Å². The fourth-order valence-corrected chi connectivity index (χ4v) is 2.52. The van der Waals surface area contributed by atoms with Crippen molar-refractivity contribution in [3.63, 3.8) is 0 Å². The Morgan fingerprint density at radius 3 is 2.65 bits per heavy atom. The molecule has 1 aliphatic rings. The van der Waals surface area contributed by atoms with Gasteiger partial charge >= 0.3 is 0 Å². The third-order valence-corrected chi connectivity index (χ3v) is 4.36. The molecule has 1 rings (SSSR count). The lowest BCUT2D eigenvalue weighted by Gasteiger charge is -2.40. The molecule has 0 aliphatic carbocycles. The summed E-state index contributed by atoms with van der Waals surface area (Å²) in [5.41, 5.74) is -0.0942. The molecule has 1 N–H and O–H groups in total. The number of rotatable bonds is 4. The van der Waals surface area contributed by atoms with E-state index >= 15 is 0 Å². The average molecular weight is 241 g/mol. The number of aliphatic hydroxyl groups excluding tert-OH is 1. The second kappa shape index (κ2) is 5.85. The standard InChI is InChI=1S/C14H27NO2/c1-5-11(2)12(3)13(17)15-8-6-7-14(4,9-15)10-16/h11-12,16H,5-10H2,1-4H3. The van der Waals surface area contributed by atoms with E-state index in [1.54, 1.807) is 0 Å². The normalized spacial score (nSPS) is 28.9. The van der Waals surface area contributed by atoms with Crippen molar-refractivity contribution in [1.82, 2.24) is 4.90 Å². The second-order valence-electron chi connectivity index (χ2n) is 6.01. The Balaban J connectivity index is 2.63. The molecule has 0 aromatic heterocycles. The van der Waals surface area contributed by atoms with Crippen molar-refractivity contribution < 1.29 is 9.90 Å². The minimum Gasteiger partial charge on any atom is -0.396 e. The smallest absolute Gasteiger partial charge is 0.225 e. The molecular formula is C14H27NO2. The maximum atomic E-state index is 12.3. The summed E-state index contributed by atoms with van der Waals surface area (Å²) in [4.78, 5) is 14.3. The van der Waals surface area contributed by atoms with Crippen LogP contribution in [0.2, 0.25) is 0 Å². The van der Waals surface area contributed by atoms with Gasteiger partial charge < -0.3 is 10.0 Å². The topological polar surface area (TPSA) is 40.5 Å². The number of amides is 1. The van der Waals surface area contributed by atoms with Crippen molar-refractivity contribution in [2.24, 2.45) is 17.3 Å². The van der Waals surface area contributed by atoms with Gasteiger partial charge in [-0.05, 0) is 18.8 Å². The van der Waals surface area contributed by atoms with Crippen LogP contribution < -0.4 is 0 Å². The molecule has 3 heteroatoms. The van der Waals surface area contributed by atoms with Crippen LogP contribution in [0.25, 0.3) is 0 Å². The molecule has 3 nitrogen and oxygen atoms in total. The molecule has 0 aromatic carbocycles. The monoisotopic (exact) mass is 241 g/mol. The fraction of sp³-hybridized carbons (Fsp3) is 0.929. The molecule has 0 aromatic rings. The molecule has 1 fully saturated rings. The largest absolute Gasteiger partial charge is 0.396 e. The van der Waals surface area contributed by atoms with Crippen LogP contribution in [0, 0.1) is 17.3 Å². The van der Waals surface area contributed by atoms with Crippen LogP contribution in [0.5, 0.6) is 0 Å². The van der Waals surface area contributed by atoms with Crippen LogP contribution in [0.4, 0.5) is 0 Å². The van der Waals surface area contributed by atoms with E-state index in [2.05, 4.69) is 20.8 Å². The molecule has 0 spiro atoms. The van der Waals surface area contributed by atoms with Gasteiger partial charge in [-0.25, -0.2) is 0 Å². The van der Waals surface area contributed by atoms with Crippen molar-refractivity contribution in [1.29, 1.82) is 0 Å². The van der Waals surface area contributed by atoms with Crippen LogP contribution >= 0.6 is 0 Å². The zero-order chi connectivity index (χ0) is 13.1. The molecule has 17 heavy (non-hydrogen) atoms. The number of piperidine rings is 1. The Bertz CT molecular complexity index is 267. The van der Waals surface area contributed by atoms with E-state index in [0.29, 0.717) is 12.5 Å². The van der Waals surface area contributed by atoms with E-state index < -0.39 is 0 Å². The Morgan fingerprint density at radius 1 is 1.47 bits per heavy atom. The minimum atomic E-state index is -0.0942. The van der Waals surface area contributed by atoms with Gasteiger partial charge in [-0.1, -0.05) is 34.1 Å². The SMILES string of the molecule is CCC(C)C(C)C(=O)N1CCCC(C)(CO)C1. The van der Waals surface area contributed by atoms with Crippen LogP contribution in [0.3, 0.4) is 0 Å². The summed E-state index contributed by atoms with van der Waals surface area (Å²) >= 11 is 0. The zero-order valence-corrected chi connectivity index (χ0v) is 11.7. The summed E-state index contributed by atoms with van der Waals surface area (Å²) in [7, 11) is 0. The van der Waals surface area contributed by atoms with Crippen molar-refractivity contribution in [3.05, 3.63) is 0 Å². The van der Waals surface area contributed by atoms with Gasteiger partial charge in [-0.2, -0.15) is 0 Å². The first-order chi connectivity index (χ1) is 7.93. The van der Waals surface area contributed by atoms with Crippen LogP contribution in [0.15, 0.2) is 0 Å². The second-order valence-corrected chi connectivity index (χ2v) is 6.01. The minimum absolute atomic E-state index is 0.0942. The summed E-state index contributed by atoms with van der Waals surface area (Å²) < 4.78 is 0. The quantitative estimate of drug-likeness (QED) is 0.820. The van der Waals surface area contributed by atoms with E-state index in [9.17, 15) is 9.90 Å². The predicted molar refractivity (Wildman–Crippen MR) is 69.6 cm³/mol. The van der Waals surface area contributed by atoms with Gasteiger partial charge in [0.25, 0.3) is 0 Å². The third-order valence-electron chi connectivity index (χ3n) is 4.36. The van der Waals surface area contributed by atoms with E-state index in [1.807, 2.05) is 11.8 Å². The molecular weight excluding hydrogens is 214 g/mol. The van der Waals surface area contributed by atoms with Crippen molar-refractivity contribution in [3.8, 4) is 0 Å². The number of carbonyl (C=O) groups excluding carboxylic acids is 1. The van der Waals surface area contributed by atoms with Gasteiger partial charge in [-0.3, -0.25) is 4.79 Å². The summed E-state index contributed by atoms with van der Waals surface area (Å²) in [6.07, 6.45) is 3.07. The fourth-order valence-electron chi connectivity index (χ4n) is 2.52. The lowest BCUT2D eigenvalue weighted by Crippen LogP contribution is -2.48. The number of likely N-dealkylation sites (tertiary alicyclic amines) is 1. The van der Waals surface area contributed by atoms with E-state index in [-0.39, 0.29) is 23.8 Å². The number of aliphatic hydroxyl groups is 1. The highest BCUT2D eigenvalue weighted by Gasteiger charge is 2.34. The van der Waals surface area contributed by atoms with E-state index in [1.165, 1.54) is 0 Å². The Kier molecular flexibility index (Phi) is 4.99. The first kappa shape index (κ1) is 14.5. The molecule has 1 amide bonds. The molecule has 0 radical (unpaired) electrons. The Morgan fingerprint density at radius 2 is 2.12 bits per heavy atom. The van der Waals surface area contributed by atoms with Crippen molar-refractivity contribution >= 4 is 5.91 Å². The average Bonchev–Trinajstić information content (AvgIpc) is 2.36. The maximum absolute atomic E-state index is 12.3. The van der Waals surface area contributed by atoms with Crippen LogP contribution in [-0.2, 0) is 4.79 Å². The molecule has 0 bridgehead atoms. The lowest BCUT2D eigenvalue weighted by atomic mass is 9.82. The highest BCUT2D eigenvalue weighted by molar-refractivity contribution is 5.78. The Labute approximate surface area is 105 Å². The number of nitrogens with zero attached hydrogens (tertiary/aromatic N) is 1. The van der Waals surface area contributed by atoms with Crippen LogP contribution in [0.1, 0.15) is 47.0 Å². The van der Waals surface area contributed by atoms with Gasteiger partial charge in [0.1, 0.15) is 0 Å². The predicted octanol–water partition coefficient (Wildman–Crippen LogP) is 2.29. The molecule has 3 atom stereocenters. The van der Waals surface area contributed by atoms with Crippen molar-refractivity contribution in [2.75, 3.05) is 19.7 Å². The molecule has 3 unspecified atom stereocenters. The Hall–Kier alpha value is -0.570. The summed E-state index contributed by atoms with van der Waals surface area (Å²) in [5.74, 6) is 0.796. The highest BCUT2D eigenvalue weighted by atomic mass is 16.3. The first-order valence-corrected chi connectivity index (χ1v) is 6.83. The number of hydrogen-bond acceptors (Lipinski definition) is 2. The summed E-state index contributed by atoms with van der Waals surface area (Å²) in [6.45, 7) is 10.1. The van der Waals surface area contributed by atoms with Gasteiger partial charge in [0.05, 0.1) is 6.61 Å². The zero-order valence-electron chi connectivity index (χ0n) is 11.7. The van der Waals surface area contributed by atoms with E-state index in [0.717, 1.165) is 25.8 Å². The third kappa shape index (κ3) is 3.44. The number of hydrogen-bond donors (Lipinski definition) is 1. The lowest BCUT2D eigenvalue weighted by molar-refractivity contribution is -0.140. The molecule has 1 aliphatic heterocycles. The summed E-state index contributed by atoms with van der Waals surface area (Å²) in [6, 6.07) is 0. The molecule has 100 valence electrons. The van der Waals surface area contributed by atoms with Gasteiger partial charge in [0.2, 0.25) is 5.91 Å². The number of carbonyl (C=O) groups is 1. The van der Waals surface area contributed by atoms with Crippen LogP contribution in [-0.4, -0.2) is 35.6 Å². The highest BCUT2D eigenvalue weighted by Crippen LogP contribution is 2.30. The molecule has 1 heterocycles. The van der Waals surface area contributed by atoms with E-state index in [4.69, 9.17) is 0 Å². The molecule has 0 saturated carbocycles. The first-order valence-electron chi connectivity index (χ1n) is 6.83. The summed E-state index contributed by atoms with van der Waals surface area (Å²) in [5, 5.41) is 9.41. The van der Waals surface area contributed by atoms with Gasteiger partial charge in [0.15, 0.2) is 0 Å². The maximum Gasteiger partial charge on any atom is 0.225 e. The van der Waals surface area contributed by atoms with Crippen molar-refractivity contribution in [2.45, 2.75) is 47.0 Å².